The highest BCUT2D eigenvalue weighted by Gasteiger charge is 2.23. The molecule has 4 rings (SSSR count). The highest BCUT2D eigenvalue weighted by Crippen LogP contribution is 2.34. The molecule has 1 aromatic carbocycles. The van der Waals surface area contributed by atoms with E-state index in [1.54, 1.807) is 23.0 Å². The monoisotopic (exact) mass is 485 g/mol. The van der Waals surface area contributed by atoms with Crippen LogP contribution in [0.5, 0.6) is 5.75 Å². The van der Waals surface area contributed by atoms with Crippen LogP contribution in [0.2, 0.25) is 0 Å². The number of nitrogens with zero attached hydrogens (tertiary/aromatic N) is 2. The summed E-state index contributed by atoms with van der Waals surface area (Å²) in [5.74, 6) is 0.908. The van der Waals surface area contributed by atoms with Crippen LogP contribution in [0.4, 0.5) is 0 Å². The third-order valence-electron chi connectivity index (χ3n) is 6.22. The summed E-state index contributed by atoms with van der Waals surface area (Å²) in [6.45, 7) is 4.14. The molecule has 1 amide bonds. The number of thiophene rings is 1. The molecule has 33 heavy (non-hydrogen) atoms. The van der Waals surface area contributed by atoms with Gasteiger partial charge < -0.3 is 10.1 Å². The van der Waals surface area contributed by atoms with Crippen LogP contribution in [0.1, 0.15) is 56.4 Å². The maximum absolute atomic E-state index is 13.8. The SMILES string of the molecule is CCC(CC)NC(=O)CSc1nc2sc3c(c2c(=O)n1-c1ccc(OC)cc1)CCCCC3. The number of nitrogens with one attached hydrogen (secondary N) is 1. The Labute approximate surface area is 202 Å². The smallest absolute Gasteiger partial charge is 0.267 e. The third-order valence-corrected chi connectivity index (χ3v) is 8.35. The average molecular weight is 486 g/mol. The highest BCUT2D eigenvalue weighted by molar-refractivity contribution is 7.99. The number of hydrogen-bond donors (Lipinski definition) is 1. The van der Waals surface area contributed by atoms with E-state index >= 15 is 0 Å². The number of amides is 1. The number of fused-ring (bicyclic) bond motifs is 3. The summed E-state index contributed by atoms with van der Waals surface area (Å²) in [4.78, 5) is 33.4. The number of rotatable bonds is 8. The number of aromatic nitrogens is 2. The quantitative estimate of drug-likeness (QED) is 0.272. The van der Waals surface area contributed by atoms with Crippen molar-refractivity contribution < 1.29 is 9.53 Å². The molecule has 0 bridgehead atoms. The lowest BCUT2D eigenvalue weighted by atomic mass is 10.1. The minimum Gasteiger partial charge on any atom is -0.497 e. The van der Waals surface area contributed by atoms with Crippen LogP contribution in [0, 0.1) is 0 Å². The Hall–Kier alpha value is -2.32. The second-order valence-electron chi connectivity index (χ2n) is 8.35. The number of hydrogen-bond acceptors (Lipinski definition) is 6. The molecule has 2 aromatic heterocycles. The lowest BCUT2D eigenvalue weighted by Gasteiger charge is -2.16. The molecule has 0 saturated heterocycles. The molecule has 0 unspecified atom stereocenters. The number of carbonyl (C=O) groups is 1. The molecule has 8 heteroatoms. The molecule has 176 valence electrons. The van der Waals surface area contributed by atoms with E-state index in [2.05, 4.69) is 19.2 Å². The van der Waals surface area contributed by atoms with Gasteiger partial charge in [0.1, 0.15) is 10.6 Å². The maximum atomic E-state index is 13.8. The Balaban J connectivity index is 1.76. The fourth-order valence-electron chi connectivity index (χ4n) is 4.31. The van der Waals surface area contributed by atoms with Crippen LogP contribution in [0.25, 0.3) is 15.9 Å². The van der Waals surface area contributed by atoms with Crippen LogP contribution >= 0.6 is 23.1 Å². The number of methoxy groups -OCH3 is 1. The van der Waals surface area contributed by atoms with Crippen molar-refractivity contribution in [3.63, 3.8) is 0 Å². The van der Waals surface area contributed by atoms with E-state index in [9.17, 15) is 9.59 Å². The number of thioether (sulfide) groups is 1. The number of carbonyl (C=O) groups excluding carboxylic acids is 1. The van der Waals surface area contributed by atoms with Gasteiger partial charge >= 0.3 is 0 Å². The molecule has 0 spiro atoms. The summed E-state index contributed by atoms with van der Waals surface area (Å²) in [6, 6.07) is 7.59. The average Bonchev–Trinajstić information content (AvgIpc) is 3.02. The third kappa shape index (κ3) is 5.11. The van der Waals surface area contributed by atoms with Gasteiger partial charge in [-0.15, -0.1) is 11.3 Å². The molecular weight excluding hydrogens is 454 g/mol. The topological polar surface area (TPSA) is 73.2 Å². The first kappa shape index (κ1) is 23.8. The molecule has 6 nitrogen and oxygen atoms in total. The van der Waals surface area contributed by atoms with E-state index < -0.39 is 0 Å². The molecule has 2 heterocycles. The summed E-state index contributed by atoms with van der Waals surface area (Å²) < 4.78 is 6.95. The molecule has 0 saturated carbocycles. The molecule has 1 aliphatic carbocycles. The second-order valence-corrected chi connectivity index (χ2v) is 10.4. The van der Waals surface area contributed by atoms with E-state index in [1.165, 1.54) is 28.6 Å². The highest BCUT2D eigenvalue weighted by atomic mass is 32.2. The summed E-state index contributed by atoms with van der Waals surface area (Å²) >= 11 is 2.96. The zero-order valence-electron chi connectivity index (χ0n) is 19.5. The predicted molar refractivity (Wildman–Crippen MR) is 136 cm³/mol. The Kier molecular flexibility index (Phi) is 7.75. The number of ether oxygens (including phenoxy) is 1. The first-order valence-electron chi connectivity index (χ1n) is 11.7. The number of aryl methyl sites for hydroxylation is 2. The summed E-state index contributed by atoms with van der Waals surface area (Å²) in [7, 11) is 1.62. The van der Waals surface area contributed by atoms with E-state index in [0.717, 1.165) is 60.2 Å². The fraction of sp³-hybridized carbons (Fsp3) is 0.480. The summed E-state index contributed by atoms with van der Waals surface area (Å²) in [6.07, 6.45) is 7.20. The van der Waals surface area contributed by atoms with Crippen molar-refractivity contribution in [2.45, 2.75) is 70.0 Å². The summed E-state index contributed by atoms with van der Waals surface area (Å²) in [5, 5.41) is 4.37. The Bertz CT molecular complexity index is 1180. The van der Waals surface area contributed by atoms with Crippen LogP contribution < -0.4 is 15.6 Å². The molecule has 0 fully saturated rings. The predicted octanol–water partition coefficient (Wildman–Crippen LogP) is 5.12. The maximum Gasteiger partial charge on any atom is 0.267 e. The Morgan fingerprint density at radius 2 is 1.91 bits per heavy atom. The van der Waals surface area contributed by atoms with Gasteiger partial charge in [-0.3, -0.25) is 14.2 Å². The first-order valence-corrected chi connectivity index (χ1v) is 13.5. The normalized spacial score (nSPS) is 13.7. The van der Waals surface area contributed by atoms with Gasteiger partial charge in [0, 0.05) is 10.9 Å². The second kappa shape index (κ2) is 10.7. The van der Waals surface area contributed by atoms with Gasteiger partial charge in [0.15, 0.2) is 5.16 Å². The molecule has 0 atom stereocenters. The van der Waals surface area contributed by atoms with Crippen LogP contribution in [0.3, 0.4) is 0 Å². The largest absolute Gasteiger partial charge is 0.497 e. The zero-order chi connectivity index (χ0) is 23.4. The van der Waals surface area contributed by atoms with Gasteiger partial charge in [-0.25, -0.2) is 4.98 Å². The van der Waals surface area contributed by atoms with Gasteiger partial charge in [0.2, 0.25) is 5.91 Å². The van der Waals surface area contributed by atoms with Crippen molar-refractivity contribution in [1.82, 2.24) is 14.9 Å². The van der Waals surface area contributed by atoms with E-state index in [-0.39, 0.29) is 23.3 Å². The van der Waals surface area contributed by atoms with Crippen LogP contribution in [-0.4, -0.2) is 34.4 Å². The molecule has 0 radical (unpaired) electrons. The van der Waals surface area contributed by atoms with Crippen LogP contribution in [-0.2, 0) is 17.6 Å². The minimum absolute atomic E-state index is 0.0358. The van der Waals surface area contributed by atoms with E-state index in [0.29, 0.717) is 5.16 Å². The van der Waals surface area contributed by atoms with Crippen molar-refractivity contribution >= 4 is 39.2 Å². The lowest BCUT2D eigenvalue weighted by Crippen LogP contribution is -2.35. The minimum atomic E-state index is -0.0486. The Morgan fingerprint density at radius 3 is 2.61 bits per heavy atom. The zero-order valence-corrected chi connectivity index (χ0v) is 21.1. The molecule has 1 aliphatic rings. The van der Waals surface area contributed by atoms with Gasteiger partial charge in [0.25, 0.3) is 5.56 Å². The van der Waals surface area contributed by atoms with Crippen molar-refractivity contribution in [2.75, 3.05) is 12.9 Å². The van der Waals surface area contributed by atoms with Crippen LogP contribution in [0.15, 0.2) is 34.2 Å². The van der Waals surface area contributed by atoms with Crippen molar-refractivity contribution in [3.05, 3.63) is 45.1 Å². The summed E-state index contributed by atoms with van der Waals surface area (Å²) in [5.41, 5.74) is 1.86. The van der Waals surface area contributed by atoms with Gasteiger partial charge in [-0.05, 0) is 68.4 Å². The molecular formula is C25H31N3O3S2. The Morgan fingerprint density at radius 1 is 1.18 bits per heavy atom. The van der Waals surface area contributed by atoms with Crippen molar-refractivity contribution in [1.29, 1.82) is 0 Å². The molecule has 0 aliphatic heterocycles. The standard InChI is InChI=1S/C25H31N3O3S2/c1-4-16(5-2)26-21(29)15-32-25-27-23-22(19-9-7-6-8-10-20(19)33-23)24(30)28(25)17-11-13-18(31-3)14-12-17/h11-14,16H,4-10,15H2,1-3H3,(H,26,29). The molecule has 1 N–H and O–H groups in total. The van der Waals surface area contributed by atoms with Gasteiger partial charge in [-0.2, -0.15) is 0 Å². The van der Waals surface area contributed by atoms with Crippen molar-refractivity contribution in [2.24, 2.45) is 0 Å². The number of benzene rings is 1. The lowest BCUT2D eigenvalue weighted by molar-refractivity contribution is -0.119. The first-order chi connectivity index (χ1) is 16.0. The van der Waals surface area contributed by atoms with E-state index in [4.69, 9.17) is 9.72 Å². The molecule has 3 aromatic rings. The van der Waals surface area contributed by atoms with Gasteiger partial charge in [-0.1, -0.05) is 32.0 Å². The van der Waals surface area contributed by atoms with Gasteiger partial charge in [0.05, 0.1) is 23.9 Å². The van der Waals surface area contributed by atoms with E-state index in [1.807, 2.05) is 24.3 Å². The fourth-order valence-corrected chi connectivity index (χ4v) is 6.44. The van der Waals surface area contributed by atoms with Crippen molar-refractivity contribution in [3.8, 4) is 11.4 Å².